The molecule has 126 valence electrons. The number of hydrogen-bond acceptors (Lipinski definition) is 6. The van der Waals surface area contributed by atoms with E-state index in [9.17, 15) is 14.4 Å². The first-order chi connectivity index (χ1) is 12.1. The average molecular weight is 356 g/mol. The number of nitrogens with zero attached hydrogens (tertiary/aromatic N) is 2. The fourth-order valence-electron chi connectivity index (χ4n) is 2.52. The highest BCUT2D eigenvalue weighted by Gasteiger charge is 2.13. The Morgan fingerprint density at radius 3 is 3.08 bits per heavy atom. The SMILES string of the molecule is O=C(NCCn1c(=O)[nH]c2ccsc2c1=O)c1cc2ncccc2o1. The highest BCUT2D eigenvalue weighted by molar-refractivity contribution is 7.17. The second-order valence-corrected chi connectivity index (χ2v) is 6.22. The van der Waals surface area contributed by atoms with E-state index in [0.29, 0.717) is 21.3 Å². The molecule has 0 bridgehead atoms. The molecule has 4 heterocycles. The van der Waals surface area contributed by atoms with Crippen molar-refractivity contribution < 1.29 is 9.21 Å². The van der Waals surface area contributed by atoms with Gasteiger partial charge in [-0.1, -0.05) is 0 Å². The Labute approximate surface area is 143 Å². The summed E-state index contributed by atoms with van der Waals surface area (Å²) in [4.78, 5) is 43.2. The molecule has 0 saturated carbocycles. The van der Waals surface area contributed by atoms with E-state index in [1.165, 1.54) is 11.3 Å². The van der Waals surface area contributed by atoms with E-state index in [4.69, 9.17) is 4.42 Å². The molecule has 0 saturated heterocycles. The van der Waals surface area contributed by atoms with Crippen molar-refractivity contribution in [1.82, 2.24) is 19.9 Å². The Hall–Kier alpha value is -3.20. The number of hydrogen-bond donors (Lipinski definition) is 2. The maximum absolute atomic E-state index is 12.3. The van der Waals surface area contributed by atoms with Crippen LogP contribution in [0.3, 0.4) is 0 Å². The Morgan fingerprint density at radius 1 is 1.36 bits per heavy atom. The van der Waals surface area contributed by atoms with Crippen molar-refractivity contribution >= 4 is 38.6 Å². The standard InChI is InChI=1S/C16H12N4O4S/c21-14(12-8-10-11(24-12)2-1-4-17-10)18-5-6-20-15(22)13-9(3-7-25-13)19-16(20)23/h1-4,7-8H,5-6H2,(H,18,21)(H,19,23). The number of pyridine rings is 1. The summed E-state index contributed by atoms with van der Waals surface area (Å²) in [5, 5.41) is 4.37. The number of aromatic amines is 1. The molecule has 25 heavy (non-hydrogen) atoms. The first-order valence-corrected chi connectivity index (χ1v) is 8.34. The molecule has 4 aromatic rings. The van der Waals surface area contributed by atoms with E-state index in [-0.39, 0.29) is 24.4 Å². The predicted octanol–water partition coefficient (Wildman–Crippen LogP) is 1.32. The van der Waals surface area contributed by atoms with Crippen LogP contribution >= 0.6 is 11.3 Å². The Kier molecular flexibility index (Phi) is 3.69. The van der Waals surface area contributed by atoms with Crippen LogP contribution in [0, 0.1) is 0 Å². The van der Waals surface area contributed by atoms with Gasteiger partial charge in [-0.25, -0.2) is 4.79 Å². The third-order valence-electron chi connectivity index (χ3n) is 3.72. The van der Waals surface area contributed by atoms with Gasteiger partial charge < -0.3 is 14.7 Å². The summed E-state index contributed by atoms with van der Waals surface area (Å²) in [7, 11) is 0. The van der Waals surface area contributed by atoms with Crippen molar-refractivity contribution in [3.05, 3.63) is 62.4 Å². The van der Waals surface area contributed by atoms with Crippen LogP contribution in [0.25, 0.3) is 21.3 Å². The van der Waals surface area contributed by atoms with E-state index in [1.807, 2.05) is 0 Å². The fraction of sp³-hybridized carbons (Fsp3) is 0.125. The quantitative estimate of drug-likeness (QED) is 0.573. The molecule has 0 aliphatic carbocycles. The molecule has 4 aromatic heterocycles. The number of thiophene rings is 1. The monoisotopic (exact) mass is 356 g/mol. The molecule has 0 radical (unpaired) electrons. The van der Waals surface area contributed by atoms with Gasteiger partial charge in [0.05, 0.1) is 5.52 Å². The smallest absolute Gasteiger partial charge is 0.328 e. The number of amides is 1. The van der Waals surface area contributed by atoms with Crippen LogP contribution in [0.5, 0.6) is 0 Å². The van der Waals surface area contributed by atoms with Gasteiger partial charge >= 0.3 is 5.69 Å². The molecule has 0 aromatic carbocycles. The number of furan rings is 1. The summed E-state index contributed by atoms with van der Waals surface area (Å²) in [6.07, 6.45) is 1.61. The number of carbonyl (C=O) groups excluding carboxylic acids is 1. The summed E-state index contributed by atoms with van der Waals surface area (Å²) < 4.78 is 6.97. The second kappa shape index (κ2) is 6.02. The summed E-state index contributed by atoms with van der Waals surface area (Å²) in [5.41, 5.74) is 0.760. The molecule has 0 spiro atoms. The van der Waals surface area contributed by atoms with E-state index < -0.39 is 11.6 Å². The van der Waals surface area contributed by atoms with E-state index >= 15 is 0 Å². The lowest BCUT2D eigenvalue weighted by Crippen LogP contribution is -2.38. The topological polar surface area (TPSA) is 110 Å². The molecule has 0 aliphatic heterocycles. The molecule has 0 unspecified atom stereocenters. The summed E-state index contributed by atoms with van der Waals surface area (Å²) >= 11 is 1.26. The first-order valence-electron chi connectivity index (χ1n) is 7.46. The largest absolute Gasteiger partial charge is 0.449 e. The van der Waals surface area contributed by atoms with Crippen molar-refractivity contribution in [2.45, 2.75) is 6.54 Å². The molecule has 4 rings (SSSR count). The van der Waals surface area contributed by atoms with E-state index in [1.54, 1.807) is 35.8 Å². The van der Waals surface area contributed by atoms with Gasteiger partial charge in [0.1, 0.15) is 10.2 Å². The first kappa shape index (κ1) is 15.3. The number of H-pyrrole nitrogens is 1. The van der Waals surface area contributed by atoms with Crippen LogP contribution in [-0.2, 0) is 6.54 Å². The van der Waals surface area contributed by atoms with Crippen LogP contribution in [0.1, 0.15) is 10.6 Å². The van der Waals surface area contributed by atoms with Crippen molar-refractivity contribution in [1.29, 1.82) is 0 Å². The van der Waals surface area contributed by atoms with E-state index in [2.05, 4.69) is 15.3 Å². The minimum atomic E-state index is -0.502. The summed E-state index contributed by atoms with van der Waals surface area (Å²) in [5.74, 6) is -0.302. The molecule has 0 fully saturated rings. The zero-order valence-corrected chi connectivity index (χ0v) is 13.6. The predicted molar refractivity (Wildman–Crippen MR) is 93.0 cm³/mol. The highest BCUT2D eigenvalue weighted by atomic mass is 32.1. The maximum atomic E-state index is 12.3. The molecule has 8 nitrogen and oxygen atoms in total. The normalized spacial score (nSPS) is 11.2. The lowest BCUT2D eigenvalue weighted by molar-refractivity contribution is 0.0926. The third kappa shape index (κ3) is 2.74. The van der Waals surface area contributed by atoms with Gasteiger partial charge in [0, 0.05) is 25.4 Å². The number of fused-ring (bicyclic) bond motifs is 2. The molecule has 2 N–H and O–H groups in total. The van der Waals surface area contributed by atoms with Gasteiger partial charge in [-0.15, -0.1) is 11.3 Å². The number of aromatic nitrogens is 3. The lowest BCUT2D eigenvalue weighted by Gasteiger charge is -2.05. The van der Waals surface area contributed by atoms with Crippen molar-refractivity contribution in [2.24, 2.45) is 0 Å². The average Bonchev–Trinajstić information content (AvgIpc) is 3.23. The van der Waals surface area contributed by atoms with Crippen LogP contribution in [0.15, 0.2) is 49.8 Å². The van der Waals surface area contributed by atoms with Gasteiger partial charge in [-0.05, 0) is 23.6 Å². The van der Waals surface area contributed by atoms with Crippen LogP contribution in [0.2, 0.25) is 0 Å². The maximum Gasteiger partial charge on any atom is 0.328 e. The molecular formula is C16H12N4O4S. The van der Waals surface area contributed by atoms with Crippen molar-refractivity contribution in [3.8, 4) is 0 Å². The number of nitrogens with one attached hydrogen (secondary N) is 2. The minimum absolute atomic E-state index is 0.0617. The zero-order chi connectivity index (χ0) is 17.4. The van der Waals surface area contributed by atoms with Gasteiger partial charge in [-0.3, -0.25) is 19.1 Å². The van der Waals surface area contributed by atoms with Gasteiger partial charge in [0.2, 0.25) is 0 Å². The Balaban J connectivity index is 1.49. The molecular weight excluding hydrogens is 344 g/mol. The summed E-state index contributed by atoms with van der Waals surface area (Å²) in [6, 6.07) is 6.66. The van der Waals surface area contributed by atoms with Crippen LogP contribution in [0.4, 0.5) is 0 Å². The fourth-order valence-corrected chi connectivity index (χ4v) is 3.32. The van der Waals surface area contributed by atoms with Crippen molar-refractivity contribution in [3.63, 3.8) is 0 Å². The Morgan fingerprint density at radius 2 is 2.24 bits per heavy atom. The van der Waals surface area contributed by atoms with Crippen LogP contribution < -0.4 is 16.6 Å². The molecule has 9 heteroatoms. The van der Waals surface area contributed by atoms with E-state index in [0.717, 1.165) is 4.57 Å². The molecule has 0 atom stereocenters. The second-order valence-electron chi connectivity index (χ2n) is 5.30. The van der Waals surface area contributed by atoms with Crippen molar-refractivity contribution in [2.75, 3.05) is 6.54 Å². The van der Waals surface area contributed by atoms with Gasteiger partial charge in [0.25, 0.3) is 11.5 Å². The highest BCUT2D eigenvalue weighted by Crippen LogP contribution is 2.16. The van der Waals surface area contributed by atoms with Gasteiger partial charge in [0.15, 0.2) is 11.3 Å². The summed E-state index contributed by atoms with van der Waals surface area (Å²) in [6.45, 7) is 0.176. The minimum Gasteiger partial charge on any atom is -0.449 e. The zero-order valence-electron chi connectivity index (χ0n) is 12.8. The molecule has 0 aliphatic rings. The molecule has 1 amide bonds. The number of rotatable bonds is 4. The van der Waals surface area contributed by atoms with Crippen LogP contribution in [-0.4, -0.2) is 27.0 Å². The number of carbonyl (C=O) groups is 1. The van der Waals surface area contributed by atoms with Gasteiger partial charge in [-0.2, -0.15) is 0 Å². The third-order valence-corrected chi connectivity index (χ3v) is 4.63. The Bertz CT molecular complexity index is 1170. The lowest BCUT2D eigenvalue weighted by atomic mass is 10.3.